The lowest BCUT2D eigenvalue weighted by Gasteiger charge is -2.28. The molecule has 0 aliphatic carbocycles. The van der Waals surface area contributed by atoms with Gasteiger partial charge >= 0.3 is 0 Å². The van der Waals surface area contributed by atoms with Crippen molar-refractivity contribution in [2.24, 2.45) is 0 Å². The first-order valence-corrected chi connectivity index (χ1v) is 8.38. The van der Waals surface area contributed by atoms with Gasteiger partial charge in [-0.15, -0.1) is 0 Å². The fraction of sp³-hybridized carbons (Fsp3) is 0.176. The van der Waals surface area contributed by atoms with Gasteiger partial charge in [0.05, 0.1) is 6.54 Å². The van der Waals surface area contributed by atoms with Gasteiger partial charge in [0.15, 0.2) is 0 Å². The topological polar surface area (TPSA) is 61.4 Å². The van der Waals surface area contributed by atoms with Gasteiger partial charge in [0.1, 0.15) is 0 Å². The molecule has 1 fully saturated rings. The minimum absolute atomic E-state index is 0.0346. The third-order valence-electron chi connectivity index (χ3n) is 3.64. The van der Waals surface area contributed by atoms with Gasteiger partial charge in [-0.1, -0.05) is 0 Å². The van der Waals surface area contributed by atoms with Gasteiger partial charge in [0.25, 0.3) is 5.91 Å². The maximum Gasteiger partial charge on any atom is 0.255 e. The summed E-state index contributed by atoms with van der Waals surface area (Å²) in [5.74, 6) is -0.0983. The van der Waals surface area contributed by atoms with Crippen molar-refractivity contribution < 1.29 is 9.59 Å². The van der Waals surface area contributed by atoms with Gasteiger partial charge < -0.3 is 15.5 Å². The molecule has 3 rings (SSSR count). The molecule has 2 aromatic carbocycles. The van der Waals surface area contributed by atoms with E-state index < -0.39 is 0 Å². The minimum atomic E-state index is -0.133. The maximum atomic E-state index is 12.2. The lowest BCUT2D eigenvalue weighted by Crippen LogP contribution is -2.47. The molecule has 2 aromatic rings. The number of anilines is 2. The first-order chi connectivity index (χ1) is 11.1. The first-order valence-electron chi connectivity index (χ1n) is 7.30. The SMILES string of the molecule is O=C1CN(c2ccc(NC(=O)c3ccc(I)cc3)cc2)CCN1. The summed E-state index contributed by atoms with van der Waals surface area (Å²) in [4.78, 5) is 25.6. The summed E-state index contributed by atoms with van der Waals surface area (Å²) in [6, 6.07) is 15.0. The Kier molecular flexibility index (Phi) is 4.80. The van der Waals surface area contributed by atoms with Gasteiger partial charge in [-0.3, -0.25) is 9.59 Å². The average molecular weight is 421 g/mol. The Labute approximate surface area is 148 Å². The van der Waals surface area contributed by atoms with Crippen molar-refractivity contribution in [3.05, 3.63) is 57.7 Å². The summed E-state index contributed by atoms with van der Waals surface area (Å²) < 4.78 is 1.09. The largest absolute Gasteiger partial charge is 0.360 e. The van der Waals surface area contributed by atoms with E-state index in [2.05, 4.69) is 33.2 Å². The average Bonchev–Trinajstić information content (AvgIpc) is 2.56. The molecule has 0 radical (unpaired) electrons. The van der Waals surface area contributed by atoms with Crippen LogP contribution in [0.2, 0.25) is 0 Å². The number of rotatable bonds is 3. The predicted octanol–water partition coefficient (Wildman–Crippen LogP) is 2.48. The van der Waals surface area contributed by atoms with Crippen LogP contribution in [0.15, 0.2) is 48.5 Å². The van der Waals surface area contributed by atoms with Crippen LogP contribution >= 0.6 is 22.6 Å². The molecule has 1 heterocycles. The molecule has 2 N–H and O–H groups in total. The predicted molar refractivity (Wildman–Crippen MR) is 98.8 cm³/mol. The number of nitrogens with one attached hydrogen (secondary N) is 2. The molecular weight excluding hydrogens is 405 g/mol. The number of halogens is 1. The Bertz CT molecular complexity index is 714. The minimum Gasteiger partial charge on any atom is -0.360 e. The van der Waals surface area contributed by atoms with Gasteiger partial charge in [-0.25, -0.2) is 0 Å². The lowest BCUT2D eigenvalue weighted by molar-refractivity contribution is -0.120. The molecule has 0 spiro atoms. The highest BCUT2D eigenvalue weighted by Gasteiger charge is 2.16. The van der Waals surface area contributed by atoms with Crippen LogP contribution < -0.4 is 15.5 Å². The molecule has 1 aliphatic rings. The van der Waals surface area contributed by atoms with E-state index >= 15 is 0 Å². The fourth-order valence-corrected chi connectivity index (χ4v) is 2.78. The zero-order valence-corrected chi connectivity index (χ0v) is 14.5. The number of hydrogen-bond donors (Lipinski definition) is 2. The van der Waals surface area contributed by atoms with Gasteiger partial charge in [-0.05, 0) is 71.1 Å². The van der Waals surface area contributed by atoms with Gasteiger partial charge in [0.2, 0.25) is 5.91 Å². The first kappa shape index (κ1) is 15.8. The molecule has 5 nitrogen and oxygen atoms in total. The van der Waals surface area contributed by atoms with Crippen LogP contribution in [0.3, 0.4) is 0 Å². The Morgan fingerprint density at radius 1 is 1.09 bits per heavy atom. The van der Waals surface area contributed by atoms with Crippen molar-refractivity contribution in [3.8, 4) is 0 Å². The number of carbonyl (C=O) groups excluding carboxylic acids is 2. The molecule has 0 aromatic heterocycles. The molecule has 0 bridgehead atoms. The van der Waals surface area contributed by atoms with Crippen LogP contribution in [0, 0.1) is 3.57 Å². The number of hydrogen-bond acceptors (Lipinski definition) is 3. The second-order valence-electron chi connectivity index (χ2n) is 5.28. The van der Waals surface area contributed by atoms with E-state index in [-0.39, 0.29) is 11.8 Å². The normalized spacial score (nSPS) is 14.3. The number of benzene rings is 2. The molecule has 1 saturated heterocycles. The van der Waals surface area contributed by atoms with Crippen LogP contribution in [0.1, 0.15) is 10.4 Å². The molecule has 1 aliphatic heterocycles. The number of nitrogens with zero attached hydrogens (tertiary/aromatic N) is 1. The number of carbonyl (C=O) groups is 2. The van der Waals surface area contributed by atoms with Crippen molar-refractivity contribution in [3.63, 3.8) is 0 Å². The molecule has 0 saturated carbocycles. The van der Waals surface area contributed by atoms with Crippen LogP contribution in [-0.2, 0) is 4.79 Å². The maximum absolute atomic E-state index is 12.2. The highest BCUT2D eigenvalue weighted by molar-refractivity contribution is 14.1. The van der Waals surface area contributed by atoms with Gasteiger partial charge in [-0.2, -0.15) is 0 Å². The summed E-state index contributed by atoms with van der Waals surface area (Å²) in [6.45, 7) is 1.82. The third kappa shape index (κ3) is 4.01. The second kappa shape index (κ2) is 6.99. The van der Waals surface area contributed by atoms with Gasteiger partial charge in [0, 0.05) is 33.6 Å². The van der Waals surface area contributed by atoms with Crippen LogP contribution in [-0.4, -0.2) is 31.4 Å². The van der Waals surface area contributed by atoms with Crippen LogP contribution in [0.5, 0.6) is 0 Å². The van der Waals surface area contributed by atoms with E-state index in [4.69, 9.17) is 0 Å². The highest BCUT2D eigenvalue weighted by Crippen LogP contribution is 2.19. The van der Waals surface area contributed by atoms with Crippen LogP contribution in [0.25, 0.3) is 0 Å². The summed E-state index contributed by atoms with van der Waals surface area (Å²) >= 11 is 2.20. The molecule has 0 atom stereocenters. The summed E-state index contributed by atoms with van der Waals surface area (Å²) in [5.41, 5.74) is 2.34. The third-order valence-corrected chi connectivity index (χ3v) is 4.35. The number of piperazine rings is 1. The fourth-order valence-electron chi connectivity index (χ4n) is 2.42. The van der Waals surface area contributed by atoms with Crippen LogP contribution in [0.4, 0.5) is 11.4 Å². The number of amides is 2. The Morgan fingerprint density at radius 3 is 2.43 bits per heavy atom. The molecule has 2 amide bonds. The Morgan fingerprint density at radius 2 is 1.78 bits per heavy atom. The lowest BCUT2D eigenvalue weighted by atomic mass is 10.2. The monoisotopic (exact) mass is 421 g/mol. The smallest absolute Gasteiger partial charge is 0.255 e. The molecule has 23 heavy (non-hydrogen) atoms. The van der Waals surface area contributed by atoms with E-state index in [0.29, 0.717) is 18.7 Å². The summed E-state index contributed by atoms with van der Waals surface area (Å²) in [7, 11) is 0. The summed E-state index contributed by atoms with van der Waals surface area (Å²) in [6.07, 6.45) is 0. The zero-order chi connectivity index (χ0) is 16.2. The van der Waals surface area contributed by atoms with Crippen molar-refractivity contribution in [2.75, 3.05) is 29.9 Å². The van der Waals surface area contributed by atoms with E-state index in [1.165, 1.54) is 0 Å². The molecule has 0 unspecified atom stereocenters. The van der Waals surface area contributed by atoms with E-state index in [1.54, 1.807) is 12.1 Å². The Hall–Kier alpha value is -2.09. The second-order valence-corrected chi connectivity index (χ2v) is 6.53. The van der Waals surface area contributed by atoms with Crippen molar-refractivity contribution in [2.45, 2.75) is 0 Å². The van der Waals surface area contributed by atoms with E-state index in [9.17, 15) is 9.59 Å². The van der Waals surface area contributed by atoms with E-state index in [0.717, 1.165) is 21.5 Å². The summed E-state index contributed by atoms with van der Waals surface area (Å²) in [5, 5.41) is 5.68. The Balaban J connectivity index is 1.66. The highest BCUT2D eigenvalue weighted by atomic mass is 127. The van der Waals surface area contributed by atoms with Crippen molar-refractivity contribution in [1.82, 2.24) is 5.32 Å². The van der Waals surface area contributed by atoms with E-state index in [1.807, 2.05) is 41.3 Å². The molecule has 6 heteroatoms. The molecular formula is C17H16IN3O2. The quantitative estimate of drug-likeness (QED) is 0.749. The molecule has 118 valence electrons. The zero-order valence-electron chi connectivity index (χ0n) is 12.4. The van der Waals surface area contributed by atoms with Crippen molar-refractivity contribution >= 4 is 45.8 Å². The standard InChI is InChI=1S/C17H16IN3O2/c18-13-3-1-12(2-4-13)17(23)20-14-5-7-15(8-6-14)21-10-9-19-16(22)11-21/h1-8H,9-11H2,(H,19,22)(H,20,23). The van der Waals surface area contributed by atoms with Crippen molar-refractivity contribution in [1.29, 1.82) is 0 Å².